The molecule has 0 amide bonds. The summed E-state index contributed by atoms with van der Waals surface area (Å²) < 4.78 is 0. The van der Waals surface area contributed by atoms with Crippen molar-refractivity contribution >= 4 is 46.7 Å². The van der Waals surface area contributed by atoms with E-state index in [0.29, 0.717) is 22.3 Å². The summed E-state index contributed by atoms with van der Waals surface area (Å²) in [6.45, 7) is 2.08. The van der Waals surface area contributed by atoms with Gasteiger partial charge in [0.05, 0.1) is 10.6 Å². The van der Waals surface area contributed by atoms with Crippen molar-refractivity contribution in [2.45, 2.75) is 25.3 Å². The SMILES string of the molecule is CC1(c2cccc(CC(=O)c3ccc(Cl)cn3)c2)CCSC(N)=N1.Cl. The number of halogens is 2. The number of amidine groups is 1. The first kappa shape index (κ1) is 19.8. The van der Waals surface area contributed by atoms with Gasteiger partial charge in [-0.05, 0) is 36.6 Å². The molecule has 2 N–H and O–H groups in total. The van der Waals surface area contributed by atoms with Crippen LogP contribution >= 0.6 is 35.8 Å². The van der Waals surface area contributed by atoms with Crippen LogP contribution in [0.4, 0.5) is 0 Å². The molecule has 25 heavy (non-hydrogen) atoms. The van der Waals surface area contributed by atoms with E-state index in [2.05, 4.69) is 16.9 Å². The van der Waals surface area contributed by atoms with Gasteiger partial charge in [0.2, 0.25) is 0 Å². The fraction of sp³-hybridized carbons (Fsp3) is 0.278. The topological polar surface area (TPSA) is 68.3 Å². The van der Waals surface area contributed by atoms with E-state index in [1.807, 2.05) is 24.3 Å². The van der Waals surface area contributed by atoms with Crippen LogP contribution in [0.3, 0.4) is 0 Å². The number of carbonyl (C=O) groups is 1. The molecule has 2 heterocycles. The van der Waals surface area contributed by atoms with Crippen molar-refractivity contribution in [3.05, 3.63) is 64.4 Å². The zero-order chi connectivity index (χ0) is 17.2. The number of aliphatic imine (C=N–C) groups is 1. The number of benzene rings is 1. The summed E-state index contributed by atoms with van der Waals surface area (Å²) in [5, 5.41) is 1.14. The summed E-state index contributed by atoms with van der Waals surface area (Å²) >= 11 is 7.40. The van der Waals surface area contributed by atoms with Gasteiger partial charge in [0.15, 0.2) is 11.0 Å². The fourth-order valence-corrected chi connectivity index (χ4v) is 3.81. The molecule has 2 aromatic rings. The number of thioether (sulfide) groups is 1. The Morgan fingerprint density at radius 1 is 1.36 bits per heavy atom. The van der Waals surface area contributed by atoms with E-state index in [0.717, 1.165) is 23.3 Å². The second kappa shape index (κ2) is 8.21. The molecular formula is C18H19Cl2N3OS. The Bertz CT molecular complexity index is 795. The number of hydrogen-bond acceptors (Lipinski definition) is 5. The number of carbonyl (C=O) groups excluding carboxylic acids is 1. The number of pyridine rings is 1. The van der Waals surface area contributed by atoms with Crippen LogP contribution in [0.2, 0.25) is 5.02 Å². The standard InChI is InChI=1S/C18H18ClN3OS.ClH/c1-18(7-8-24-17(20)22-18)13-4-2-3-12(9-13)10-16(23)15-6-5-14(19)11-21-15;/h2-6,9,11H,7-8,10H2,1H3,(H2,20,22);1H. The second-order valence-corrected chi connectivity index (χ2v) is 7.54. The van der Waals surface area contributed by atoms with E-state index in [1.165, 1.54) is 6.20 Å². The van der Waals surface area contributed by atoms with Gasteiger partial charge in [-0.15, -0.1) is 12.4 Å². The molecule has 1 unspecified atom stereocenters. The molecule has 0 bridgehead atoms. The highest BCUT2D eigenvalue weighted by atomic mass is 35.5. The molecule has 4 nitrogen and oxygen atoms in total. The van der Waals surface area contributed by atoms with E-state index >= 15 is 0 Å². The van der Waals surface area contributed by atoms with E-state index < -0.39 is 0 Å². The fourth-order valence-electron chi connectivity index (χ4n) is 2.73. The lowest BCUT2D eigenvalue weighted by molar-refractivity contribution is 0.0988. The Hall–Kier alpha value is -1.56. The number of hydrogen-bond donors (Lipinski definition) is 1. The molecule has 3 rings (SSSR count). The number of nitrogens with zero attached hydrogens (tertiary/aromatic N) is 2. The minimum absolute atomic E-state index is 0. The van der Waals surface area contributed by atoms with Gasteiger partial charge in [0, 0.05) is 18.4 Å². The number of rotatable bonds is 4. The van der Waals surface area contributed by atoms with Gasteiger partial charge in [0.1, 0.15) is 5.69 Å². The van der Waals surface area contributed by atoms with Crippen LogP contribution in [0.5, 0.6) is 0 Å². The lowest BCUT2D eigenvalue weighted by Gasteiger charge is -2.30. The van der Waals surface area contributed by atoms with Gasteiger partial charge in [-0.1, -0.05) is 47.6 Å². The van der Waals surface area contributed by atoms with Crippen LogP contribution < -0.4 is 5.73 Å². The van der Waals surface area contributed by atoms with Crippen molar-refractivity contribution < 1.29 is 4.79 Å². The predicted molar refractivity (Wildman–Crippen MR) is 107 cm³/mol. The Balaban J connectivity index is 0.00000225. The average Bonchev–Trinajstić information content (AvgIpc) is 2.55. The van der Waals surface area contributed by atoms with Crippen molar-refractivity contribution in [3.63, 3.8) is 0 Å². The largest absolute Gasteiger partial charge is 0.379 e. The van der Waals surface area contributed by atoms with Crippen LogP contribution in [-0.4, -0.2) is 21.7 Å². The van der Waals surface area contributed by atoms with Crippen LogP contribution in [0.15, 0.2) is 47.6 Å². The quantitative estimate of drug-likeness (QED) is 0.785. The normalized spacial score (nSPS) is 19.7. The van der Waals surface area contributed by atoms with Crippen molar-refractivity contribution in [2.75, 3.05) is 5.75 Å². The third kappa shape index (κ3) is 4.75. The minimum Gasteiger partial charge on any atom is -0.379 e. The highest BCUT2D eigenvalue weighted by molar-refractivity contribution is 8.13. The van der Waals surface area contributed by atoms with Crippen LogP contribution in [0.1, 0.15) is 35.0 Å². The molecule has 1 aromatic heterocycles. The van der Waals surface area contributed by atoms with E-state index in [4.69, 9.17) is 17.3 Å². The van der Waals surface area contributed by atoms with E-state index in [-0.39, 0.29) is 23.7 Å². The van der Waals surface area contributed by atoms with Gasteiger partial charge >= 0.3 is 0 Å². The van der Waals surface area contributed by atoms with Crippen LogP contribution in [-0.2, 0) is 12.0 Å². The molecule has 0 aliphatic carbocycles. The monoisotopic (exact) mass is 395 g/mol. The minimum atomic E-state index is -0.326. The van der Waals surface area contributed by atoms with Crippen molar-refractivity contribution in [1.82, 2.24) is 4.98 Å². The number of Topliss-reactive ketones (excluding diaryl/α,β-unsaturated/α-hetero) is 1. The zero-order valence-electron chi connectivity index (χ0n) is 13.7. The number of ketones is 1. The molecule has 0 radical (unpaired) electrons. The first-order valence-electron chi connectivity index (χ1n) is 7.68. The summed E-state index contributed by atoms with van der Waals surface area (Å²) in [7, 11) is 0. The molecule has 0 fully saturated rings. The first-order valence-corrected chi connectivity index (χ1v) is 9.05. The molecule has 1 aromatic carbocycles. The maximum absolute atomic E-state index is 12.4. The first-order chi connectivity index (χ1) is 11.5. The van der Waals surface area contributed by atoms with Crippen molar-refractivity contribution in [1.29, 1.82) is 0 Å². The smallest absolute Gasteiger partial charge is 0.185 e. The Kier molecular flexibility index (Phi) is 6.49. The van der Waals surface area contributed by atoms with Gasteiger partial charge in [0.25, 0.3) is 0 Å². The summed E-state index contributed by atoms with van der Waals surface area (Å²) in [5.74, 6) is 0.917. The Morgan fingerprint density at radius 3 is 2.84 bits per heavy atom. The molecule has 1 atom stereocenters. The molecular weight excluding hydrogens is 377 g/mol. The van der Waals surface area contributed by atoms with Crippen LogP contribution in [0.25, 0.3) is 0 Å². The summed E-state index contributed by atoms with van der Waals surface area (Å²) in [6, 6.07) is 11.3. The highest BCUT2D eigenvalue weighted by Gasteiger charge is 2.29. The molecule has 132 valence electrons. The Morgan fingerprint density at radius 2 is 2.16 bits per heavy atom. The van der Waals surface area contributed by atoms with E-state index in [9.17, 15) is 4.79 Å². The highest BCUT2D eigenvalue weighted by Crippen LogP contribution is 2.35. The summed E-state index contributed by atoms with van der Waals surface area (Å²) in [4.78, 5) is 21.1. The molecule has 1 aliphatic heterocycles. The molecule has 0 saturated heterocycles. The third-order valence-electron chi connectivity index (χ3n) is 4.12. The molecule has 1 aliphatic rings. The van der Waals surface area contributed by atoms with E-state index in [1.54, 1.807) is 23.9 Å². The number of nitrogens with two attached hydrogens (primary N) is 1. The maximum Gasteiger partial charge on any atom is 0.185 e. The van der Waals surface area contributed by atoms with Crippen LogP contribution in [0, 0.1) is 0 Å². The predicted octanol–water partition coefficient (Wildman–Crippen LogP) is 4.25. The summed E-state index contributed by atoms with van der Waals surface area (Å²) in [5.41, 5.74) is 8.02. The zero-order valence-corrected chi connectivity index (χ0v) is 16.1. The maximum atomic E-state index is 12.4. The Labute approximate surface area is 162 Å². The van der Waals surface area contributed by atoms with Gasteiger partial charge in [-0.2, -0.15) is 0 Å². The number of aromatic nitrogens is 1. The van der Waals surface area contributed by atoms with Gasteiger partial charge < -0.3 is 5.73 Å². The molecule has 7 heteroatoms. The van der Waals surface area contributed by atoms with Gasteiger partial charge in [-0.3, -0.25) is 14.8 Å². The summed E-state index contributed by atoms with van der Waals surface area (Å²) in [6.07, 6.45) is 2.71. The molecule has 0 saturated carbocycles. The lowest BCUT2D eigenvalue weighted by atomic mass is 9.88. The van der Waals surface area contributed by atoms with Crippen molar-refractivity contribution in [3.8, 4) is 0 Å². The second-order valence-electron chi connectivity index (χ2n) is 5.98. The van der Waals surface area contributed by atoms with Crippen molar-refractivity contribution in [2.24, 2.45) is 10.7 Å². The van der Waals surface area contributed by atoms with Gasteiger partial charge in [-0.25, -0.2) is 0 Å². The average molecular weight is 396 g/mol. The third-order valence-corrected chi connectivity index (χ3v) is 5.14. The lowest BCUT2D eigenvalue weighted by Crippen LogP contribution is -2.28. The molecule has 0 spiro atoms.